The van der Waals surface area contributed by atoms with Crippen LogP contribution < -0.4 is 5.32 Å². The largest absolute Gasteiger partial charge is 0.324 e. The Labute approximate surface area is 154 Å². The number of rotatable bonds is 1. The van der Waals surface area contributed by atoms with E-state index in [0.29, 0.717) is 10.4 Å². The first-order valence-corrected chi connectivity index (χ1v) is 10.4. The Bertz CT molecular complexity index is 1000. The molecule has 1 aliphatic heterocycles. The average Bonchev–Trinajstić information content (AvgIpc) is 2.91. The van der Waals surface area contributed by atoms with Crippen LogP contribution in [0, 0.1) is 5.41 Å². The van der Waals surface area contributed by atoms with Gasteiger partial charge in [0, 0.05) is 5.41 Å². The minimum atomic E-state index is -3.73. The lowest BCUT2D eigenvalue weighted by Gasteiger charge is -2.20. The molecule has 2 aromatic rings. The molecule has 0 spiro atoms. The number of benzene rings is 1. The number of hydrogen-bond acceptors (Lipinski definition) is 5. The molecule has 1 aromatic heterocycles. The van der Waals surface area contributed by atoms with Crippen LogP contribution in [0.3, 0.4) is 0 Å². The van der Waals surface area contributed by atoms with Crippen molar-refractivity contribution in [3.8, 4) is 0 Å². The first-order chi connectivity index (χ1) is 11.5. The van der Waals surface area contributed by atoms with Crippen LogP contribution >= 0.6 is 22.9 Å². The van der Waals surface area contributed by atoms with E-state index in [1.165, 1.54) is 23.5 Å². The van der Waals surface area contributed by atoms with Crippen molar-refractivity contribution in [2.24, 2.45) is 5.41 Å². The highest BCUT2D eigenvalue weighted by Gasteiger charge is 2.35. The molecule has 3 rings (SSSR count). The zero-order chi connectivity index (χ0) is 18.6. The van der Waals surface area contributed by atoms with Gasteiger partial charge in [0.15, 0.2) is 9.84 Å². The minimum absolute atomic E-state index is 0.0499. The van der Waals surface area contributed by atoms with Gasteiger partial charge in [-0.25, -0.2) is 8.42 Å². The standard InChI is InChI=1S/C17H16ClNO4S2/c1-17(2,3)16(21)19-13-10(18)4-5-11-12(13)14(20)15-9(6-7-24-15)8-25(11,22)23/h4-7H,8H2,1-3H3,(H,19,21). The minimum Gasteiger partial charge on any atom is -0.324 e. The average molecular weight is 398 g/mol. The number of carbonyl (C=O) groups is 2. The number of thiophene rings is 1. The van der Waals surface area contributed by atoms with Gasteiger partial charge in [-0.2, -0.15) is 0 Å². The summed E-state index contributed by atoms with van der Waals surface area (Å²) in [5, 5.41) is 4.45. The monoisotopic (exact) mass is 397 g/mol. The van der Waals surface area contributed by atoms with Crippen molar-refractivity contribution in [1.29, 1.82) is 0 Å². The Kier molecular flexibility index (Phi) is 4.29. The van der Waals surface area contributed by atoms with Crippen LogP contribution in [0.2, 0.25) is 5.02 Å². The van der Waals surface area contributed by atoms with E-state index >= 15 is 0 Å². The zero-order valence-corrected chi connectivity index (χ0v) is 16.2. The predicted octanol–water partition coefficient (Wildman–Crippen LogP) is 3.90. The van der Waals surface area contributed by atoms with Crippen molar-refractivity contribution in [1.82, 2.24) is 0 Å². The number of hydrogen-bond donors (Lipinski definition) is 1. The molecule has 8 heteroatoms. The molecule has 0 bridgehead atoms. The topological polar surface area (TPSA) is 80.3 Å². The van der Waals surface area contributed by atoms with Gasteiger partial charge in [0.1, 0.15) is 0 Å². The van der Waals surface area contributed by atoms with E-state index in [-0.39, 0.29) is 32.8 Å². The van der Waals surface area contributed by atoms with E-state index in [1.54, 1.807) is 32.2 Å². The Morgan fingerprint density at radius 2 is 1.92 bits per heavy atom. The molecule has 1 amide bonds. The molecule has 1 aliphatic rings. The molecule has 1 aromatic carbocycles. The summed E-state index contributed by atoms with van der Waals surface area (Å²) in [7, 11) is -3.73. The number of carbonyl (C=O) groups excluding carboxylic acids is 2. The number of amides is 1. The summed E-state index contributed by atoms with van der Waals surface area (Å²) >= 11 is 7.39. The van der Waals surface area contributed by atoms with Crippen LogP contribution in [0.1, 0.15) is 41.6 Å². The molecule has 0 unspecified atom stereocenters. The quantitative estimate of drug-likeness (QED) is 0.791. The van der Waals surface area contributed by atoms with E-state index < -0.39 is 21.0 Å². The van der Waals surface area contributed by atoms with Crippen LogP contribution in [0.25, 0.3) is 0 Å². The fourth-order valence-electron chi connectivity index (χ4n) is 2.51. The Morgan fingerprint density at radius 1 is 1.24 bits per heavy atom. The van der Waals surface area contributed by atoms with Gasteiger partial charge in [-0.15, -0.1) is 11.3 Å². The van der Waals surface area contributed by atoms with Gasteiger partial charge in [-0.05, 0) is 29.1 Å². The maximum absolute atomic E-state index is 13.0. The van der Waals surface area contributed by atoms with Crippen molar-refractivity contribution >= 4 is 50.2 Å². The highest BCUT2D eigenvalue weighted by molar-refractivity contribution is 7.90. The molecule has 25 heavy (non-hydrogen) atoms. The molecular weight excluding hydrogens is 382 g/mol. The Balaban J connectivity index is 2.28. The molecule has 2 heterocycles. The van der Waals surface area contributed by atoms with E-state index in [1.807, 2.05) is 0 Å². The van der Waals surface area contributed by atoms with E-state index in [9.17, 15) is 18.0 Å². The summed E-state index contributed by atoms with van der Waals surface area (Å²) in [5.41, 5.74) is -0.275. The molecular formula is C17H16ClNO4S2. The molecule has 0 saturated heterocycles. The molecule has 1 N–H and O–H groups in total. The number of ketones is 1. The number of nitrogens with one attached hydrogen (secondary N) is 1. The molecule has 0 radical (unpaired) electrons. The van der Waals surface area contributed by atoms with Gasteiger partial charge in [0.05, 0.1) is 31.8 Å². The third kappa shape index (κ3) is 3.12. The third-order valence-corrected chi connectivity index (χ3v) is 6.87. The van der Waals surface area contributed by atoms with Gasteiger partial charge >= 0.3 is 0 Å². The van der Waals surface area contributed by atoms with Gasteiger partial charge < -0.3 is 5.32 Å². The molecule has 0 fully saturated rings. The van der Waals surface area contributed by atoms with Gasteiger partial charge in [-0.1, -0.05) is 32.4 Å². The summed E-state index contributed by atoms with van der Waals surface area (Å²) in [6, 6.07) is 4.35. The summed E-state index contributed by atoms with van der Waals surface area (Å²) in [6.07, 6.45) is 0. The van der Waals surface area contributed by atoms with Gasteiger partial charge in [0.25, 0.3) is 0 Å². The summed E-state index contributed by atoms with van der Waals surface area (Å²) in [6.45, 7) is 5.15. The second kappa shape index (κ2) is 5.93. The zero-order valence-electron chi connectivity index (χ0n) is 13.8. The molecule has 5 nitrogen and oxygen atoms in total. The first-order valence-electron chi connectivity index (χ1n) is 7.50. The highest BCUT2D eigenvalue weighted by Crippen LogP contribution is 2.39. The predicted molar refractivity (Wildman–Crippen MR) is 98.2 cm³/mol. The Morgan fingerprint density at radius 3 is 2.56 bits per heavy atom. The number of sulfone groups is 1. The van der Waals surface area contributed by atoms with Crippen LogP contribution in [-0.4, -0.2) is 20.1 Å². The van der Waals surface area contributed by atoms with Crippen molar-refractivity contribution in [2.45, 2.75) is 31.4 Å². The normalized spacial score (nSPS) is 15.9. The smallest absolute Gasteiger partial charge is 0.229 e. The SMILES string of the molecule is CC(C)(C)C(=O)Nc1c(Cl)ccc2c1C(=O)c1sccc1CS2(=O)=O. The van der Waals surface area contributed by atoms with Crippen LogP contribution in [0.5, 0.6) is 0 Å². The van der Waals surface area contributed by atoms with Crippen molar-refractivity contribution in [2.75, 3.05) is 5.32 Å². The number of fused-ring (bicyclic) bond motifs is 2. The van der Waals surface area contributed by atoms with Crippen LogP contribution in [-0.2, 0) is 20.4 Å². The number of halogens is 1. The number of anilines is 1. The molecule has 0 atom stereocenters. The maximum Gasteiger partial charge on any atom is 0.229 e. The highest BCUT2D eigenvalue weighted by atomic mass is 35.5. The maximum atomic E-state index is 13.0. The fraction of sp³-hybridized carbons (Fsp3) is 0.294. The molecule has 132 valence electrons. The van der Waals surface area contributed by atoms with Crippen LogP contribution in [0.4, 0.5) is 5.69 Å². The Hall–Kier alpha value is -1.70. The van der Waals surface area contributed by atoms with Crippen molar-refractivity contribution in [3.63, 3.8) is 0 Å². The van der Waals surface area contributed by atoms with Crippen molar-refractivity contribution < 1.29 is 18.0 Å². The lowest BCUT2D eigenvalue weighted by atomic mass is 9.95. The molecule has 0 aliphatic carbocycles. The second-order valence-electron chi connectivity index (χ2n) is 6.86. The summed E-state index contributed by atoms with van der Waals surface area (Å²) in [4.78, 5) is 25.7. The third-order valence-electron chi connectivity index (χ3n) is 3.90. The van der Waals surface area contributed by atoms with E-state index in [2.05, 4.69) is 5.32 Å². The van der Waals surface area contributed by atoms with Crippen molar-refractivity contribution in [3.05, 3.63) is 44.6 Å². The lowest BCUT2D eigenvalue weighted by molar-refractivity contribution is -0.123. The van der Waals surface area contributed by atoms with Gasteiger partial charge in [-0.3, -0.25) is 9.59 Å². The lowest BCUT2D eigenvalue weighted by Crippen LogP contribution is -2.29. The first kappa shape index (κ1) is 18.1. The van der Waals surface area contributed by atoms with E-state index in [0.717, 1.165) is 0 Å². The van der Waals surface area contributed by atoms with E-state index in [4.69, 9.17) is 11.6 Å². The summed E-state index contributed by atoms with van der Waals surface area (Å²) in [5.74, 6) is -1.05. The van der Waals surface area contributed by atoms with Gasteiger partial charge in [0.2, 0.25) is 11.7 Å². The van der Waals surface area contributed by atoms with Crippen LogP contribution in [0.15, 0.2) is 28.5 Å². The molecule has 0 saturated carbocycles. The summed E-state index contributed by atoms with van der Waals surface area (Å²) < 4.78 is 25.5. The second-order valence-corrected chi connectivity index (χ2v) is 10.1. The fourth-order valence-corrected chi connectivity index (χ4v) is 5.26.